The van der Waals surface area contributed by atoms with E-state index in [0.717, 1.165) is 4.90 Å². The Labute approximate surface area is 191 Å². The molecule has 0 bridgehead atoms. The second-order valence-electron chi connectivity index (χ2n) is 6.67. The van der Waals surface area contributed by atoms with Crippen molar-refractivity contribution in [2.24, 2.45) is 0 Å². The molecule has 3 N–H and O–H groups in total. The fourth-order valence-electron chi connectivity index (χ4n) is 2.71. The largest absolute Gasteiger partial charge is 0.394 e. The highest BCUT2D eigenvalue weighted by molar-refractivity contribution is 8.00. The highest BCUT2D eigenvalue weighted by atomic mass is 32.2. The number of hydrogen-bond donors (Lipinski definition) is 3. The van der Waals surface area contributed by atoms with E-state index in [2.05, 4.69) is 4.89 Å². The van der Waals surface area contributed by atoms with Gasteiger partial charge in [-0.3, -0.25) is 0 Å². The smallest absolute Gasteiger partial charge is 0.272 e. The van der Waals surface area contributed by atoms with Crippen LogP contribution in [0.25, 0.3) is 0 Å². The molecule has 3 aromatic rings. The molecule has 0 unspecified atom stereocenters. The molecule has 0 fully saturated rings. The van der Waals surface area contributed by atoms with Crippen molar-refractivity contribution in [3.63, 3.8) is 0 Å². The van der Waals surface area contributed by atoms with Crippen molar-refractivity contribution in [3.05, 3.63) is 72.8 Å². The molecule has 9 nitrogen and oxygen atoms in total. The van der Waals surface area contributed by atoms with Gasteiger partial charge in [-0.25, -0.2) is 16.8 Å². The maximum atomic E-state index is 12.9. The second-order valence-corrected chi connectivity index (χ2v) is 11.0. The molecule has 0 aliphatic carbocycles. The first kappa shape index (κ1) is 24.0. The topological polar surface area (TPSA) is 125 Å². The van der Waals surface area contributed by atoms with Crippen molar-refractivity contribution < 1.29 is 26.9 Å². The Morgan fingerprint density at radius 1 is 0.844 bits per heavy atom. The zero-order valence-corrected chi connectivity index (χ0v) is 19.5. The third kappa shape index (κ3) is 5.59. The average molecular weight is 496 g/mol. The van der Waals surface area contributed by atoms with E-state index < -0.39 is 20.0 Å². The second kappa shape index (κ2) is 9.90. The van der Waals surface area contributed by atoms with Crippen molar-refractivity contribution in [3.8, 4) is 5.75 Å². The lowest BCUT2D eigenvalue weighted by molar-refractivity contribution is 0.242. The molecule has 0 radical (unpaired) electrons. The molecule has 0 amide bonds. The van der Waals surface area contributed by atoms with Crippen molar-refractivity contribution in [2.75, 3.05) is 19.0 Å². The van der Waals surface area contributed by atoms with E-state index in [1.165, 1.54) is 45.8 Å². The molecule has 0 heterocycles. The predicted molar refractivity (Wildman–Crippen MR) is 121 cm³/mol. The fourth-order valence-corrected chi connectivity index (χ4v) is 5.77. The van der Waals surface area contributed by atoms with Gasteiger partial charge in [-0.05, 0) is 41.3 Å². The zero-order valence-electron chi connectivity index (χ0n) is 17.1. The van der Waals surface area contributed by atoms with Gasteiger partial charge in [0.25, 0.3) is 20.0 Å². The Bertz CT molecular complexity index is 1300. The first-order chi connectivity index (χ1) is 15.1. The Morgan fingerprint density at radius 2 is 1.50 bits per heavy atom. The quantitative estimate of drug-likeness (QED) is 0.387. The van der Waals surface area contributed by atoms with Gasteiger partial charge in [0, 0.05) is 30.0 Å². The van der Waals surface area contributed by atoms with Gasteiger partial charge in [-0.1, -0.05) is 47.0 Å². The number of nitrogens with one attached hydrogen (secondary N) is 2. The molecule has 0 spiro atoms. The number of hydrogen-bond acceptors (Lipinski definition) is 8. The SMILES string of the molecule is CN(C)c1cc(ONS(=O)(=O)c2ccccc2Sc2ccccc2)ccc1S(=O)(=O)NO. The Kier molecular flexibility index (Phi) is 7.44. The van der Waals surface area contributed by atoms with Crippen LogP contribution in [0.3, 0.4) is 0 Å². The summed E-state index contributed by atoms with van der Waals surface area (Å²) in [6.07, 6.45) is 0. The van der Waals surface area contributed by atoms with Gasteiger partial charge in [0.2, 0.25) is 0 Å². The summed E-state index contributed by atoms with van der Waals surface area (Å²) >= 11 is 1.30. The molecule has 0 saturated carbocycles. The molecule has 12 heteroatoms. The minimum Gasteiger partial charge on any atom is -0.394 e. The molecule has 0 aliphatic rings. The molecule has 3 rings (SSSR count). The zero-order chi connectivity index (χ0) is 23.4. The minimum atomic E-state index is -4.15. The van der Waals surface area contributed by atoms with Crippen LogP contribution in [0.1, 0.15) is 0 Å². The van der Waals surface area contributed by atoms with Crippen LogP contribution >= 0.6 is 11.8 Å². The van der Waals surface area contributed by atoms with E-state index in [9.17, 15) is 16.8 Å². The van der Waals surface area contributed by atoms with Gasteiger partial charge < -0.3 is 14.9 Å². The van der Waals surface area contributed by atoms with E-state index in [1.807, 2.05) is 30.3 Å². The lowest BCUT2D eigenvalue weighted by atomic mass is 10.3. The summed E-state index contributed by atoms with van der Waals surface area (Å²) in [4.78, 5) is 11.3. The highest BCUT2D eigenvalue weighted by Crippen LogP contribution is 2.33. The third-order valence-corrected chi connectivity index (χ3v) is 7.82. The van der Waals surface area contributed by atoms with Gasteiger partial charge in [0.15, 0.2) is 5.75 Å². The van der Waals surface area contributed by atoms with Crippen molar-refractivity contribution >= 4 is 37.5 Å². The minimum absolute atomic E-state index is 0.0327. The maximum Gasteiger partial charge on any atom is 0.272 e. The Morgan fingerprint density at radius 3 is 2.16 bits per heavy atom. The summed E-state index contributed by atoms with van der Waals surface area (Å²) in [6.45, 7) is 0. The number of benzene rings is 3. The average Bonchev–Trinajstić information content (AvgIpc) is 2.78. The Balaban J connectivity index is 1.85. The van der Waals surface area contributed by atoms with Gasteiger partial charge in [0.1, 0.15) is 4.90 Å². The van der Waals surface area contributed by atoms with E-state index in [4.69, 9.17) is 10.0 Å². The monoisotopic (exact) mass is 495 g/mol. The van der Waals surface area contributed by atoms with Crippen LogP contribution in [0.15, 0.2) is 92.4 Å². The Hall–Kier alpha value is -2.61. The number of nitrogens with zero attached hydrogens (tertiary/aromatic N) is 1. The number of anilines is 1. The number of rotatable bonds is 9. The summed E-state index contributed by atoms with van der Waals surface area (Å²) in [7, 11) is -5.02. The summed E-state index contributed by atoms with van der Waals surface area (Å²) in [5, 5.41) is 8.91. The van der Waals surface area contributed by atoms with Crippen molar-refractivity contribution in [1.82, 2.24) is 9.77 Å². The van der Waals surface area contributed by atoms with Crippen LogP contribution in [-0.2, 0) is 20.0 Å². The molecule has 3 aromatic carbocycles. The molecule has 0 aliphatic heterocycles. The number of sulfonamides is 2. The molecule has 0 aromatic heterocycles. The van der Waals surface area contributed by atoms with E-state index in [1.54, 1.807) is 32.3 Å². The first-order valence-corrected chi connectivity index (χ1v) is 12.9. The highest BCUT2D eigenvalue weighted by Gasteiger charge is 2.22. The summed E-state index contributed by atoms with van der Waals surface area (Å²) in [6, 6.07) is 19.6. The van der Waals surface area contributed by atoms with Crippen LogP contribution in [-0.4, -0.2) is 36.1 Å². The summed E-state index contributed by atoms with van der Waals surface area (Å²) < 4.78 is 49.8. The van der Waals surface area contributed by atoms with Gasteiger partial charge >= 0.3 is 0 Å². The van der Waals surface area contributed by atoms with Crippen LogP contribution in [0.2, 0.25) is 0 Å². The van der Waals surface area contributed by atoms with Crippen molar-refractivity contribution in [1.29, 1.82) is 0 Å². The van der Waals surface area contributed by atoms with Crippen LogP contribution in [0.4, 0.5) is 5.69 Å². The summed E-state index contributed by atoms with van der Waals surface area (Å²) in [5.74, 6) is 0.0577. The fraction of sp³-hybridized carbons (Fsp3) is 0.100. The van der Waals surface area contributed by atoms with Crippen LogP contribution in [0, 0.1) is 0 Å². The van der Waals surface area contributed by atoms with Gasteiger partial charge in [0.05, 0.1) is 10.6 Å². The van der Waals surface area contributed by atoms with E-state index in [-0.39, 0.29) is 21.2 Å². The van der Waals surface area contributed by atoms with Crippen LogP contribution in [0.5, 0.6) is 5.75 Å². The molecular weight excluding hydrogens is 474 g/mol. The first-order valence-electron chi connectivity index (χ1n) is 9.12. The molecule has 0 saturated heterocycles. The third-order valence-electron chi connectivity index (χ3n) is 4.20. The molecule has 170 valence electrons. The van der Waals surface area contributed by atoms with E-state index >= 15 is 0 Å². The summed E-state index contributed by atoms with van der Waals surface area (Å²) in [5.41, 5.74) is 0.184. The predicted octanol–water partition coefficient (Wildman–Crippen LogP) is 2.84. The molecular formula is C20H21N3O6S3. The normalized spacial score (nSPS) is 11.8. The van der Waals surface area contributed by atoms with Gasteiger partial charge in [-0.2, -0.15) is 0 Å². The lowest BCUT2D eigenvalue weighted by Gasteiger charge is -2.18. The molecule has 32 heavy (non-hydrogen) atoms. The van der Waals surface area contributed by atoms with Crippen LogP contribution < -0.4 is 19.5 Å². The van der Waals surface area contributed by atoms with Crippen molar-refractivity contribution in [2.45, 2.75) is 19.6 Å². The van der Waals surface area contributed by atoms with Gasteiger partial charge in [-0.15, -0.1) is 0 Å². The standard InChI is InChI=1S/C20H21N3O6S3/c1-23(2)17-14-15(12-13-19(17)31(25,26)21-24)29-22-32(27,28)20-11-7-6-10-18(20)30-16-8-4-3-5-9-16/h3-14,21-22,24H,1-2H3. The maximum absolute atomic E-state index is 12.9. The molecule has 0 atom stereocenters. The van der Waals surface area contributed by atoms with E-state index in [0.29, 0.717) is 4.90 Å². The lowest BCUT2D eigenvalue weighted by Crippen LogP contribution is -2.28.